The maximum atomic E-state index is 12.8. The zero-order valence-corrected chi connectivity index (χ0v) is 18.1. The molecule has 1 atom stereocenters. The lowest BCUT2D eigenvalue weighted by Crippen LogP contribution is -2.40. The Bertz CT molecular complexity index is 940. The summed E-state index contributed by atoms with van der Waals surface area (Å²) in [6.45, 7) is 6.77. The third-order valence-corrected chi connectivity index (χ3v) is 7.38. The number of likely N-dealkylation sites (tertiary alicyclic amines) is 1. The molecule has 156 valence electrons. The van der Waals surface area contributed by atoms with Gasteiger partial charge in [0.05, 0.1) is 10.6 Å². The predicted molar refractivity (Wildman–Crippen MR) is 116 cm³/mol. The fraction of sp³-hybridized carbons (Fsp3) is 0.409. The van der Waals surface area contributed by atoms with Crippen molar-refractivity contribution >= 4 is 21.6 Å². The number of sulfonamides is 1. The van der Waals surface area contributed by atoms with Gasteiger partial charge in [-0.2, -0.15) is 0 Å². The monoisotopic (exact) mass is 415 g/mol. The first-order valence-electron chi connectivity index (χ1n) is 10.0. The number of amides is 1. The van der Waals surface area contributed by atoms with Gasteiger partial charge < -0.3 is 5.32 Å². The molecule has 0 saturated carbocycles. The second kappa shape index (κ2) is 8.97. The van der Waals surface area contributed by atoms with Crippen molar-refractivity contribution in [2.24, 2.45) is 0 Å². The van der Waals surface area contributed by atoms with Crippen LogP contribution in [0.5, 0.6) is 0 Å². The summed E-state index contributed by atoms with van der Waals surface area (Å²) >= 11 is 0. The van der Waals surface area contributed by atoms with Crippen LogP contribution in [-0.2, 0) is 10.0 Å². The van der Waals surface area contributed by atoms with Crippen molar-refractivity contribution in [2.75, 3.05) is 31.0 Å². The summed E-state index contributed by atoms with van der Waals surface area (Å²) in [6, 6.07) is 13.8. The molecule has 1 fully saturated rings. The van der Waals surface area contributed by atoms with Crippen molar-refractivity contribution in [3.05, 3.63) is 59.7 Å². The number of carbonyl (C=O) groups is 1. The zero-order chi connectivity index (χ0) is 21.0. The highest BCUT2D eigenvalue weighted by atomic mass is 32.2. The number of aryl methyl sites for hydroxylation is 1. The lowest BCUT2D eigenvalue weighted by atomic mass is 10.1. The lowest BCUT2D eigenvalue weighted by Gasteiger charge is -2.23. The Morgan fingerprint density at radius 1 is 1.14 bits per heavy atom. The van der Waals surface area contributed by atoms with Crippen molar-refractivity contribution in [3.63, 3.8) is 0 Å². The number of hydrogen-bond donors (Lipinski definition) is 1. The van der Waals surface area contributed by atoms with Crippen molar-refractivity contribution < 1.29 is 13.2 Å². The van der Waals surface area contributed by atoms with Crippen LogP contribution < -0.4 is 9.62 Å². The van der Waals surface area contributed by atoms with E-state index in [4.69, 9.17) is 0 Å². The first-order chi connectivity index (χ1) is 13.8. The van der Waals surface area contributed by atoms with Crippen LogP contribution in [0.1, 0.15) is 35.7 Å². The molecule has 1 heterocycles. The molecule has 1 aliphatic heterocycles. The quantitative estimate of drug-likeness (QED) is 0.755. The average Bonchev–Trinajstić information content (AvgIpc) is 3.19. The van der Waals surface area contributed by atoms with Gasteiger partial charge >= 0.3 is 0 Å². The largest absolute Gasteiger partial charge is 0.350 e. The minimum atomic E-state index is -3.65. The molecule has 1 saturated heterocycles. The molecule has 7 heteroatoms. The van der Waals surface area contributed by atoms with Gasteiger partial charge in [0, 0.05) is 25.2 Å². The van der Waals surface area contributed by atoms with E-state index in [9.17, 15) is 13.2 Å². The third-order valence-electron chi connectivity index (χ3n) is 5.58. The maximum absolute atomic E-state index is 12.8. The molecule has 1 amide bonds. The molecule has 0 radical (unpaired) electrons. The molecule has 2 aromatic carbocycles. The van der Waals surface area contributed by atoms with Crippen LogP contribution in [0, 0.1) is 6.92 Å². The SMILES string of the molecule is CCN1CCC[C@@H]1CNC(=O)c1ccc(N(C)S(=O)(=O)c2ccc(C)cc2)cc1. The van der Waals surface area contributed by atoms with Gasteiger partial charge in [0.1, 0.15) is 0 Å². The van der Waals surface area contributed by atoms with Crippen molar-refractivity contribution in [2.45, 2.75) is 37.6 Å². The smallest absolute Gasteiger partial charge is 0.264 e. The van der Waals surface area contributed by atoms with Crippen LogP contribution in [-0.4, -0.2) is 51.9 Å². The maximum Gasteiger partial charge on any atom is 0.264 e. The van der Waals surface area contributed by atoms with E-state index in [1.54, 1.807) is 48.5 Å². The second-order valence-corrected chi connectivity index (χ2v) is 9.44. The van der Waals surface area contributed by atoms with Gasteiger partial charge in [-0.15, -0.1) is 0 Å². The van der Waals surface area contributed by atoms with Crippen LogP contribution in [0.2, 0.25) is 0 Å². The Labute approximate surface area is 173 Å². The van der Waals surface area contributed by atoms with Crippen LogP contribution in [0.25, 0.3) is 0 Å². The molecule has 0 unspecified atom stereocenters. The topological polar surface area (TPSA) is 69.7 Å². The van der Waals surface area contributed by atoms with E-state index in [2.05, 4.69) is 17.1 Å². The van der Waals surface area contributed by atoms with E-state index in [0.29, 0.717) is 23.8 Å². The standard InChI is InChI=1S/C22H29N3O3S/c1-4-25-15-5-6-20(25)16-23-22(26)18-9-11-19(12-10-18)24(3)29(27,28)21-13-7-17(2)8-14-21/h7-14,20H,4-6,15-16H2,1-3H3,(H,23,26)/t20-/m1/s1. The summed E-state index contributed by atoms with van der Waals surface area (Å²) in [4.78, 5) is 15.1. The normalized spacial score (nSPS) is 17.3. The molecule has 1 aliphatic rings. The van der Waals surface area contributed by atoms with Gasteiger partial charge in [-0.25, -0.2) is 8.42 Å². The third kappa shape index (κ3) is 4.79. The van der Waals surface area contributed by atoms with Gasteiger partial charge in [-0.1, -0.05) is 24.6 Å². The first-order valence-corrected chi connectivity index (χ1v) is 11.4. The average molecular weight is 416 g/mol. The minimum Gasteiger partial charge on any atom is -0.350 e. The van der Waals surface area contributed by atoms with Crippen LogP contribution >= 0.6 is 0 Å². The highest BCUT2D eigenvalue weighted by Crippen LogP contribution is 2.23. The molecule has 3 rings (SSSR count). The van der Waals surface area contributed by atoms with E-state index in [1.807, 2.05) is 6.92 Å². The molecular formula is C22H29N3O3S. The molecule has 29 heavy (non-hydrogen) atoms. The number of hydrogen-bond acceptors (Lipinski definition) is 4. The first kappa shape index (κ1) is 21.3. The highest BCUT2D eigenvalue weighted by Gasteiger charge is 2.24. The summed E-state index contributed by atoms with van der Waals surface area (Å²) in [5.41, 5.74) is 2.03. The summed E-state index contributed by atoms with van der Waals surface area (Å²) in [5, 5.41) is 3.00. The summed E-state index contributed by atoms with van der Waals surface area (Å²) in [5.74, 6) is -0.136. The molecule has 1 N–H and O–H groups in total. The fourth-order valence-corrected chi connectivity index (χ4v) is 4.88. The number of nitrogens with zero attached hydrogens (tertiary/aromatic N) is 2. The van der Waals surface area contributed by atoms with E-state index in [0.717, 1.165) is 25.1 Å². The summed E-state index contributed by atoms with van der Waals surface area (Å²) < 4.78 is 26.9. The molecule has 0 aromatic heterocycles. The number of anilines is 1. The Kier molecular flexibility index (Phi) is 6.59. The second-order valence-electron chi connectivity index (χ2n) is 7.47. The van der Waals surface area contributed by atoms with Crippen molar-refractivity contribution in [1.29, 1.82) is 0 Å². The van der Waals surface area contributed by atoms with Crippen molar-refractivity contribution in [1.82, 2.24) is 10.2 Å². The lowest BCUT2D eigenvalue weighted by molar-refractivity contribution is 0.0941. The van der Waals surface area contributed by atoms with Gasteiger partial charge in [-0.3, -0.25) is 14.0 Å². The number of benzene rings is 2. The highest BCUT2D eigenvalue weighted by molar-refractivity contribution is 7.92. The van der Waals surface area contributed by atoms with Crippen LogP contribution in [0.15, 0.2) is 53.4 Å². The van der Waals surface area contributed by atoms with E-state index < -0.39 is 10.0 Å². The fourth-order valence-electron chi connectivity index (χ4n) is 3.69. The number of nitrogens with one attached hydrogen (secondary N) is 1. The molecule has 2 aromatic rings. The van der Waals surface area contributed by atoms with E-state index in [1.165, 1.54) is 17.8 Å². The molecule has 6 nitrogen and oxygen atoms in total. The summed E-state index contributed by atoms with van der Waals surface area (Å²) in [7, 11) is -2.13. The number of rotatable bonds is 7. The minimum absolute atomic E-state index is 0.136. The van der Waals surface area contributed by atoms with E-state index >= 15 is 0 Å². The van der Waals surface area contributed by atoms with E-state index in [-0.39, 0.29) is 10.8 Å². The molecular weight excluding hydrogens is 386 g/mol. The van der Waals surface area contributed by atoms with Gasteiger partial charge in [-0.05, 0) is 69.3 Å². The van der Waals surface area contributed by atoms with Crippen molar-refractivity contribution in [3.8, 4) is 0 Å². The van der Waals surface area contributed by atoms with Crippen LogP contribution in [0.3, 0.4) is 0 Å². The Hall–Kier alpha value is -2.38. The van der Waals surface area contributed by atoms with Gasteiger partial charge in [0.2, 0.25) is 0 Å². The number of likely N-dealkylation sites (N-methyl/N-ethyl adjacent to an activating group) is 1. The Morgan fingerprint density at radius 3 is 2.41 bits per heavy atom. The number of carbonyl (C=O) groups excluding carboxylic acids is 1. The molecule has 0 spiro atoms. The zero-order valence-electron chi connectivity index (χ0n) is 17.3. The Balaban J connectivity index is 1.66. The van der Waals surface area contributed by atoms with Crippen LogP contribution in [0.4, 0.5) is 5.69 Å². The van der Waals surface area contributed by atoms with Gasteiger partial charge in [0.15, 0.2) is 0 Å². The molecule has 0 aliphatic carbocycles. The van der Waals surface area contributed by atoms with Gasteiger partial charge in [0.25, 0.3) is 15.9 Å². The predicted octanol–water partition coefficient (Wildman–Crippen LogP) is 3.03. The molecule has 0 bridgehead atoms. The summed E-state index contributed by atoms with van der Waals surface area (Å²) in [6.07, 6.45) is 2.28. The Morgan fingerprint density at radius 2 is 1.79 bits per heavy atom.